The van der Waals surface area contributed by atoms with Gasteiger partial charge < -0.3 is 14.4 Å². The van der Waals surface area contributed by atoms with Crippen LogP contribution >= 0.6 is 0 Å². The molecular formula is C17H21NO5. The Morgan fingerprint density at radius 2 is 2.09 bits per heavy atom. The van der Waals surface area contributed by atoms with Gasteiger partial charge >= 0.3 is 5.97 Å². The van der Waals surface area contributed by atoms with Gasteiger partial charge in [0.1, 0.15) is 11.7 Å². The first-order chi connectivity index (χ1) is 11.0. The Morgan fingerprint density at radius 3 is 2.78 bits per heavy atom. The van der Waals surface area contributed by atoms with E-state index in [0.717, 1.165) is 11.3 Å². The second-order valence-corrected chi connectivity index (χ2v) is 5.48. The van der Waals surface area contributed by atoms with Crippen molar-refractivity contribution >= 4 is 17.7 Å². The second kappa shape index (κ2) is 7.76. The highest BCUT2D eigenvalue weighted by atomic mass is 16.5. The molecule has 1 aromatic carbocycles. The summed E-state index contributed by atoms with van der Waals surface area (Å²) in [6, 6.07) is 7.56. The summed E-state index contributed by atoms with van der Waals surface area (Å²) in [5.74, 6) is -0.887. The van der Waals surface area contributed by atoms with Gasteiger partial charge in [-0.25, -0.2) is 0 Å². The van der Waals surface area contributed by atoms with Crippen LogP contribution in [0.2, 0.25) is 0 Å². The summed E-state index contributed by atoms with van der Waals surface area (Å²) in [5.41, 5.74) is 1.01. The molecule has 1 fully saturated rings. The molecule has 23 heavy (non-hydrogen) atoms. The molecule has 1 atom stereocenters. The molecule has 0 bridgehead atoms. The zero-order valence-electron chi connectivity index (χ0n) is 13.4. The zero-order chi connectivity index (χ0) is 16.8. The van der Waals surface area contributed by atoms with E-state index in [9.17, 15) is 14.4 Å². The van der Waals surface area contributed by atoms with Gasteiger partial charge in [0.15, 0.2) is 5.78 Å². The third-order valence-electron chi connectivity index (χ3n) is 4.02. The van der Waals surface area contributed by atoms with Gasteiger partial charge in [-0.2, -0.15) is 0 Å². The highest BCUT2D eigenvalue weighted by Crippen LogP contribution is 2.18. The van der Waals surface area contributed by atoms with Crippen LogP contribution in [0.25, 0.3) is 0 Å². The maximum absolute atomic E-state index is 12.3. The van der Waals surface area contributed by atoms with Crippen molar-refractivity contribution in [3.05, 3.63) is 29.8 Å². The van der Waals surface area contributed by atoms with Crippen LogP contribution in [0.4, 0.5) is 0 Å². The normalized spacial score (nSPS) is 17.7. The molecule has 0 radical (unpaired) electrons. The molecule has 6 heteroatoms. The molecule has 6 nitrogen and oxygen atoms in total. The average molecular weight is 319 g/mol. The van der Waals surface area contributed by atoms with Gasteiger partial charge in [-0.15, -0.1) is 0 Å². The van der Waals surface area contributed by atoms with Crippen LogP contribution in [-0.2, 0) is 25.5 Å². The number of esters is 1. The fraction of sp³-hybridized carbons (Fsp3) is 0.471. The number of hydrogen-bond donors (Lipinski definition) is 0. The van der Waals surface area contributed by atoms with Gasteiger partial charge in [0.25, 0.3) is 0 Å². The van der Waals surface area contributed by atoms with E-state index in [1.807, 2.05) is 24.3 Å². The van der Waals surface area contributed by atoms with E-state index in [0.29, 0.717) is 19.4 Å². The molecule has 1 aliphatic heterocycles. The predicted octanol–water partition coefficient (Wildman–Crippen LogP) is 1.22. The Morgan fingerprint density at radius 1 is 1.30 bits per heavy atom. The number of methoxy groups -OCH3 is 2. The zero-order valence-corrected chi connectivity index (χ0v) is 13.4. The van der Waals surface area contributed by atoms with Gasteiger partial charge in [-0.1, -0.05) is 12.1 Å². The third-order valence-corrected chi connectivity index (χ3v) is 4.02. The van der Waals surface area contributed by atoms with Crippen molar-refractivity contribution in [2.24, 2.45) is 5.92 Å². The number of carbonyl (C=O) groups excluding carboxylic acids is 3. The predicted molar refractivity (Wildman–Crippen MR) is 83.0 cm³/mol. The van der Waals surface area contributed by atoms with Crippen molar-refractivity contribution < 1.29 is 23.9 Å². The molecule has 0 saturated carbocycles. The van der Waals surface area contributed by atoms with Crippen molar-refractivity contribution in [3.63, 3.8) is 0 Å². The number of hydrogen-bond acceptors (Lipinski definition) is 5. The number of amides is 1. The van der Waals surface area contributed by atoms with Gasteiger partial charge in [0.2, 0.25) is 5.91 Å². The summed E-state index contributed by atoms with van der Waals surface area (Å²) >= 11 is 0. The smallest absolute Gasteiger partial charge is 0.318 e. The fourth-order valence-electron chi connectivity index (χ4n) is 2.64. The summed E-state index contributed by atoms with van der Waals surface area (Å²) in [7, 11) is 2.85. The Balaban J connectivity index is 1.92. The van der Waals surface area contributed by atoms with Crippen molar-refractivity contribution in [2.75, 3.05) is 27.3 Å². The second-order valence-electron chi connectivity index (χ2n) is 5.48. The summed E-state index contributed by atoms with van der Waals surface area (Å²) < 4.78 is 9.79. The summed E-state index contributed by atoms with van der Waals surface area (Å²) in [5, 5.41) is 0. The molecule has 1 unspecified atom stereocenters. The number of benzene rings is 1. The molecule has 0 aromatic heterocycles. The number of rotatable bonds is 5. The van der Waals surface area contributed by atoms with Crippen molar-refractivity contribution in [1.82, 2.24) is 4.90 Å². The van der Waals surface area contributed by atoms with E-state index in [1.54, 1.807) is 12.0 Å². The highest BCUT2D eigenvalue weighted by molar-refractivity contribution is 6.00. The minimum absolute atomic E-state index is 0.0609. The highest BCUT2D eigenvalue weighted by Gasteiger charge is 2.35. The lowest BCUT2D eigenvalue weighted by molar-refractivity contribution is -0.153. The summed E-state index contributed by atoms with van der Waals surface area (Å²) in [4.78, 5) is 37.3. The topological polar surface area (TPSA) is 72.9 Å². The van der Waals surface area contributed by atoms with E-state index in [1.165, 1.54) is 7.11 Å². The fourth-order valence-corrected chi connectivity index (χ4v) is 2.64. The Kier molecular flexibility index (Phi) is 5.73. The monoisotopic (exact) mass is 319 g/mol. The minimum atomic E-state index is -0.852. The van der Waals surface area contributed by atoms with Crippen LogP contribution in [-0.4, -0.2) is 49.9 Å². The third kappa shape index (κ3) is 4.31. The quantitative estimate of drug-likeness (QED) is 0.603. The molecule has 0 N–H and O–H groups in total. The number of aryl methyl sites for hydroxylation is 1. The molecule has 124 valence electrons. The van der Waals surface area contributed by atoms with Crippen LogP contribution in [0.15, 0.2) is 24.3 Å². The summed E-state index contributed by atoms with van der Waals surface area (Å²) in [6.45, 7) is 0.478. The molecule has 2 rings (SSSR count). The average Bonchev–Trinajstić information content (AvgIpc) is 2.59. The number of carbonyl (C=O) groups is 3. The number of nitrogens with zero attached hydrogens (tertiary/aromatic N) is 1. The van der Waals surface area contributed by atoms with E-state index in [-0.39, 0.29) is 24.7 Å². The lowest BCUT2D eigenvalue weighted by Gasteiger charge is -2.30. The maximum atomic E-state index is 12.3. The first kappa shape index (κ1) is 17.0. The first-order valence-corrected chi connectivity index (χ1v) is 7.56. The number of Topliss-reactive ketones (excluding diaryl/α,β-unsaturated/α-hetero) is 1. The molecule has 1 saturated heterocycles. The number of ketones is 1. The molecule has 1 heterocycles. The maximum Gasteiger partial charge on any atom is 0.318 e. The molecule has 1 aliphatic rings. The standard InChI is InChI=1S/C17H21NO5/c1-22-13-5-3-4-12(10-13)6-7-16(20)18-9-8-15(19)14(11-18)17(21)23-2/h3-5,10,14H,6-9,11H2,1-2H3. The molecule has 1 aromatic rings. The number of ether oxygens (including phenoxy) is 2. The van der Waals surface area contributed by atoms with Gasteiger partial charge in [0, 0.05) is 25.9 Å². The van der Waals surface area contributed by atoms with Crippen LogP contribution in [0, 0.1) is 5.92 Å². The molecule has 1 amide bonds. The van der Waals surface area contributed by atoms with Gasteiger partial charge in [-0.3, -0.25) is 14.4 Å². The van der Waals surface area contributed by atoms with Crippen molar-refractivity contribution in [1.29, 1.82) is 0 Å². The minimum Gasteiger partial charge on any atom is -0.497 e. The lowest BCUT2D eigenvalue weighted by Crippen LogP contribution is -2.47. The van der Waals surface area contributed by atoms with E-state index < -0.39 is 11.9 Å². The largest absolute Gasteiger partial charge is 0.497 e. The molecule has 0 spiro atoms. The van der Waals surface area contributed by atoms with Crippen LogP contribution in [0.1, 0.15) is 18.4 Å². The van der Waals surface area contributed by atoms with Crippen LogP contribution < -0.4 is 4.74 Å². The van der Waals surface area contributed by atoms with Crippen molar-refractivity contribution in [2.45, 2.75) is 19.3 Å². The SMILES string of the molecule is COC(=O)C1CN(C(=O)CCc2cccc(OC)c2)CCC1=O. The summed E-state index contributed by atoms with van der Waals surface area (Å²) in [6.07, 6.45) is 1.11. The van der Waals surface area contributed by atoms with Crippen molar-refractivity contribution in [3.8, 4) is 5.75 Å². The Bertz CT molecular complexity index is 590. The first-order valence-electron chi connectivity index (χ1n) is 7.56. The van der Waals surface area contributed by atoms with Crippen LogP contribution in [0.3, 0.4) is 0 Å². The van der Waals surface area contributed by atoms with E-state index >= 15 is 0 Å². The Labute approximate surface area is 135 Å². The Hall–Kier alpha value is -2.37. The molecular weight excluding hydrogens is 298 g/mol. The number of piperidine rings is 1. The lowest BCUT2D eigenvalue weighted by atomic mass is 9.96. The van der Waals surface area contributed by atoms with E-state index in [4.69, 9.17) is 4.74 Å². The van der Waals surface area contributed by atoms with Gasteiger partial charge in [0.05, 0.1) is 14.2 Å². The van der Waals surface area contributed by atoms with Gasteiger partial charge in [-0.05, 0) is 24.1 Å². The van der Waals surface area contributed by atoms with E-state index in [2.05, 4.69) is 4.74 Å². The molecule has 0 aliphatic carbocycles. The number of likely N-dealkylation sites (tertiary alicyclic amines) is 1. The van der Waals surface area contributed by atoms with Crippen LogP contribution in [0.5, 0.6) is 5.75 Å².